The van der Waals surface area contributed by atoms with E-state index in [9.17, 15) is 8.78 Å². The quantitative estimate of drug-likeness (QED) is 0.644. The van der Waals surface area contributed by atoms with Crippen molar-refractivity contribution in [2.24, 2.45) is 0 Å². The molecule has 0 amide bonds. The van der Waals surface area contributed by atoms with E-state index in [0.29, 0.717) is 4.47 Å². The number of rotatable bonds is 0. The van der Waals surface area contributed by atoms with E-state index in [2.05, 4.69) is 28.6 Å². The highest BCUT2D eigenvalue weighted by molar-refractivity contribution is 9.10. The van der Waals surface area contributed by atoms with E-state index in [4.69, 9.17) is 0 Å². The van der Waals surface area contributed by atoms with Crippen LogP contribution in [0.25, 0.3) is 0 Å². The van der Waals surface area contributed by atoms with Crippen molar-refractivity contribution in [3.05, 3.63) is 28.2 Å². The molecule has 0 bridgehead atoms. The molecule has 0 atom stereocenters. The van der Waals surface area contributed by atoms with Crippen LogP contribution in [0, 0.1) is 11.6 Å². The van der Waals surface area contributed by atoms with Crippen LogP contribution in [0.3, 0.4) is 0 Å². The molecule has 0 saturated heterocycles. The summed E-state index contributed by atoms with van der Waals surface area (Å²) in [5.74, 6) is -1.27. The van der Waals surface area contributed by atoms with E-state index in [1.165, 1.54) is 0 Å². The van der Waals surface area contributed by atoms with E-state index in [1.54, 1.807) is 0 Å². The minimum atomic E-state index is -0.657. The second-order valence-electron chi connectivity index (χ2n) is 1.72. The fourth-order valence-electron chi connectivity index (χ4n) is 0.535. The lowest BCUT2D eigenvalue weighted by Gasteiger charge is -1.97. The fraction of sp³-hybridized carbons (Fsp3) is 0. The Morgan fingerprint density at radius 3 is 2.40 bits per heavy atom. The Kier molecular flexibility index (Phi) is 2.31. The molecule has 1 aromatic rings. The molecule has 0 fully saturated rings. The molecule has 10 heavy (non-hydrogen) atoms. The number of hydrogen-bond acceptors (Lipinski definition) is 1. The summed E-state index contributed by atoms with van der Waals surface area (Å²) in [6, 6.07) is 1.94. The lowest BCUT2D eigenvalue weighted by Crippen LogP contribution is -1.82. The monoisotopic (exact) mass is 224 g/mol. The smallest absolute Gasteiger partial charge is 0.140 e. The Morgan fingerprint density at radius 1 is 1.30 bits per heavy atom. The molecule has 0 N–H and O–H groups in total. The van der Waals surface area contributed by atoms with Crippen LogP contribution in [0.5, 0.6) is 0 Å². The maximum Gasteiger partial charge on any atom is 0.140 e. The third-order valence-electron chi connectivity index (χ3n) is 0.982. The highest BCUT2D eigenvalue weighted by atomic mass is 79.9. The van der Waals surface area contributed by atoms with Gasteiger partial charge in [0.05, 0.1) is 4.90 Å². The van der Waals surface area contributed by atoms with Gasteiger partial charge in [-0.15, -0.1) is 12.6 Å². The zero-order valence-electron chi connectivity index (χ0n) is 4.74. The molecule has 0 spiro atoms. The van der Waals surface area contributed by atoms with Gasteiger partial charge in [-0.05, 0) is 22.0 Å². The van der Waals surface area contributed by atoms with Crippen LogP contribution in [0.4, 0.5) is 8.78 Å². The van der Waals surface area contributed by atoms with Gasteiger partial charge in [-0.25, -0.2) is 8.78 Å². The Morgan fingerprint density at radius 2 is 1.90 bits per heavy atom. The van der Waals surface area contributed by atoms with Gasteiger partial charge in [-0.2, -0.15) is 0 Å². The molecule has 0 nitrogen and oxygen atoms in total. The third kappa shape index (κ3) is 1.49. The van der Waals surface area contributed by atoms with Gasteiger partial charge >= 0.3 is 0 Å². The predicted molar refractivity (Wildman–Crippen MR) is 41.3 cm³/mol. The zero-order valence-corrected chi connectivity index (χ0v) is 7.22. The van der Waals surface area contributed by atoms with Gasteiger partial charge in [0.15, 0.2) is 0 Å². The van der Waals surface area contributed by atoms with E-state index < -0.39 is 11.6 Å². The third-order valence-corrected chi connectivity index (χ3v) is 2.37. The molecule has 54 valence electrons. The maximum atomic E-state index is 12.5. The Labute approximate surface area is 70.8 Å². The lowest BCUT2D eigenvalue weighted by atomic mass is 10.3. The van der Waals surface area contributed by atoms with Crippen molar-refractivity contribution in [2.75, 3.05) is 0 Å². The Balaban J connectivity index is 3.31. The highest BCUT2D eigenvalue weighted by Crippen LogP contribution is 2.24. The number of benzene rings is 1. The van der Waals surface area contributed by atoms with Crippen LogP contribution in [0.15, 0.2) is 21.5 Å². The molecule has 0 heterocycles. The van der Waals surface area contributed by atoms with Gasteiger partial charge in [0.25, 0.3) is 0 Å². The average Bonchev–Trinajstić information content (AvgIpc) is 1.82. The van der Waals surface area contributed by atoms with Crippen LogP contribution in [0.2, 0.25) is 0 Å². The van der Waals surface area contributed by atoms with E-state index in [-0.39, 0.29) is 4.90 Å². The Hall–Kier alpha value is -0.0900. The first-order chi connectivity index (χ1) is 4.61. The molecule has 0 aliphatic carbocycles. The SMILES string of the molecule is Fc1cc(F)c(S)c(Br)c1. The summed E-state index contributed by atoms with van der Waals surface area (Å²) in [5.41, 5.74) is 0. The average molecular weight is 225 g/mol. The van der Waals surface area contributed by atoms with Crippen molar-refractivity contribution in [3.63, 3.8) is 0 Å². The van der Waals surface area contributed by atoms with Crippen LogP contribution in [-0.4, -0.2) is 0 Å². The molecule has 1 rings (SSSR count). The molecular formula is C6H3BrF2S. The second-order valence-corrected chi connectivity index (χ2v) is 3.02. The van der Waals surface area contributed by atoms with E-state index >= 15 is 0 Å². The maximum absolute atomic E-state index is 12.5. The van der Waals surface area contributed by atoms with Crippen molar-refractivity contribution in [1.29, 1.82) is 0 Å². The van der Waals surface area contributed by atoms with Gasteiger partial charge in [0.2, 0.25) is 0 Å². The summed E-state index contributed by atoms with van der Waals surface area (Å²) in [6.45, 7) is 0. The summed E-state index contributed by atoms with van der Waals surface area (Å²) in [5, 5.41) is 0. The molecular weight excluding hydrogens is 222 g/mol. The van der Waals surface area contributed by atoms with Crippen molar-refractivity contribution in [2.45, 2.75) is 4.90 Å². The van der Waals surface area contributed by atoms with Crippen molar-refractivity contribution >= 4 is 28.6 Å². The number of hydrogen-bond donors (Lipinski definition) is 1. The van der Waals surface area contributed by atoms with Crippen molar-refractivity contribution in [1.82, 2.24) is 0 Å². The van der Waals surface area contributed by atoms with E-state index in [1.807, 2.05) is 0 Å². The normalized spacial score (nSPS) is 10.0. The topological polar surface area (TPSA) is 0 Å². The fourth-order valence-corrected chi connectivity index (χ4v) is 1.07. The van der Waals surface area contributed by atoms with Crippen LogP contribution >= 0.6 is 28.6 Å². The minimum absolute atomic E-state index is 0.126. The largest absolute Gasteiger partial charge is 0.207 e. The van der Waals surface area contributed by atoms with Crippen LogP contribution in [-0.2, 0) is 0 Å². The minimum Gasteiger partial charge on any atom is -0.207 e. The zero-order chi connectivity index (χ0) is 7.72. The number of thiol groups is 1. The van der Waals surface area contributed by atoms with Gasteiger partial charge in [0, 0.05) is 10.5 Å². The second kappa shape index (κ2) is 2.88. The predicted octanol–water partition coefficient (Wildman–Crippen LogP) is 3.02. The summed E-state index contributed by atoms with van der Waals surface area (Å²) in [7, 11) is 0. The van der Waals surface area contributed by atoms with Gasteiger partial charge in [-0.3, -0.25) is 0 Å². The molecule has 0 saturated carbocycles. The Bertz CT molecular complexity index is 239. The van der Waals surface area contributed by atoms with Crippen molar-refractivity contribution < 1.29 is 8.78 Å². The summed E-state index contributed by atoms with van der Waals surface area (Å²) >= 11 is 6.71. The summed E-state index contributed by atoms with van der Waals surface area (Å²) in [4.78, 5) is 0.126. The highest BCUT2D eigenvalue weighted by Gasteiger charge is 2.04. The molecule has 1 aromatic carbocycles. The van der Waals surface area contributed by atoms with Crippen LogP contribution < -0.4 is 0 Å². The van der Waals surface area contributed by atoms with Crippen molar-refractivity contribution in [3.8, 4) is 0 Å². The first-order valence-corrected chi connectivity index (χ1v) is 3.69. The first kappa shape index (κ1) is 8.01. The lowest BCUT2D eigenvalue weighted by molar-refractivity contribution is 0.564. The van der Waals surface area contributed by atoms with E-state index in [0.717, 1.165) is 12.1 Å². The summed E-state index contributed by atoms with van der Waals surface area (Å²) in [6.07, 6.45) is 0. The van der Waals surface area contributed by atoms with Crippen LogP contribution in [0.1, 0.15) is 0 Å². The van der Waals surface area contributed by atoms with Gasteiger partial charge in [-0.1, -0.05) is 0 Å². The summed E-state index contributed by atoms with van der Waals surface area (Å²) < 4.78 is 25.1. The standard InChI is InChI=1S/C6H3BrF2S/c7-4-1-3(8)2-5(9)6(4)10/h1-2,10H. The van der Waals surface area contributed by atoms with Gasteiger partial charge in [0.1, 0.15) is 11.6 Å². The first-order valence-electron chi connectivity index (χ1n) is 2.45. The van der Waals surface area contributed by atoms with Gasteiger partial charge < -0.3 is 0 Å². The molecule has 0 aromatic heterocycles. The molecule has 0 aliphatic heterocycles. The molecule has 4 heteroatoms. The molecule has 0 aliphatic rings. The molecule has 0 radical (unpaired) electrons. The molecule has 0 unspecified atom stereocenters. The number of halogens is 3.